The Labute approximate surface area is 175 Å². The maximum absolute atomic E-state index is 12.6. The Bertz CT molecular complexity index is 997. The number of thiocarbonyl (C=S) groups is 1. The van der Waals surface area contributed by atoms with E-state index in [0.717, 1.165) is 11.3 Å². The largest absolute Gasteiger partial charge is 0.383 e. The van der Waals surface area contributed by atoms with Crippen molar-refractivity contribution in [2.45, 2.75) is 34.2 Å². The molecule has 9 heteroatoms. The number of anilines is 3. The van der Waals surface area contributed by atoms with Crippen molar-refractivity contribution in [2.75, 3.05) is 36.2 Å². The lowest BCUT2D eigenvalue weighted by atomic mass is 10.1. The second-order valence-electron chi connectivity index (χ2n) is 7.37. The minimum Gasteiger partial charge on any atom is -0.383 e. The number of hydrogen-bond donors (Lipinski definition) is 3. The molecule has 0 radical (unpaired) electrons. The lowest BCUT2D eigenvalue weighted by Crippen LogP contribution is -2.44. The van der Waals surface area contributed by atoms with Crippen LogP contribution in [0.1, 0.15) is 25.0 Å². The Morgan fingerprint density at radius 2 is 2.00 bits per heavy atom. The first kappa shape index (κ1) is 22.6. The number of nitrogen functional groups attached to an aromatic ring is 1. The molecule has 1 aromatic carbocycles. The van der Waals surface area contributed by atoms with Crippen LogP contribution in [0.25, 0.3) is 0 Å². The van der Waals surface area contributed by atoms with E-state index in [2.05, 4.69) is 10.3 Å². The Morgan fingerprint density at radius 3 is 2.59 bits per heavy atom. The van der Waals surface area contributed by atoms with Crippen LogP contribution in [-0.4, -0.2) is 34.9 Å². The van der Waals surface area contributed by atoms with Crippen LogP contribution < -0.4 is 27.2 Å². The van der Waals surface area contributed by atoms with Gasteiger partial charge in [0.15, 0.2) is 10.8 Å². The van der Waals surface area contributed by atoms with Crippen LogP contribution in [0.3, 0.4) is 0 Å². The topological polar surface area (TPSA) is 105 Å². The van der Waals surface area contributed by atoms with E-state index in [0.29, 0.717) is 19.7 Å². The molecule has 29 heavy (non-hydrogen) atoms. The SMILES string of the molecule is COCCN(C(=S)Nc1ccc(C)c(C)c1)c1c(N)n(CC(C)C)c(=O)[nH]c1=O. The van der Waals surface area contributed by atoms with Crippen LogP contribution in [0.4, 0.5) is 17.2 Å². The van der Waals surface area contributed by atoms with E-state index in [1.165, 1.54) is 10.1 Å². The maximum atomic E-state index is 12.6. The molecule has 4 N–H and O–H groups in total. The van der Waals surface area contributed by atoms with Crippen molar-refractivity contribution in [1.82, 2.24) is 9.55 Å². The number of methoxy groups -OCH3 is 1. The number of aromatic nitrogens is 2. The molecule has 158 valence electrons. The number of hydrogen-bond acceptors (Lipinski definition) is 5. The zero-order valence-electron chi connectivity index (χ0n) is 17.5. The highest BCUT2D eigenvalue weighted by Crippen LogP contribution is 2.20. The summed E-state index contributed by atoms with van der Waals surface area (Å²) in [6.45, 7) is 8.95. The number of nitrogens with zero attached hydrogens (tertiary/aromatic N) is 2. The van der Waals surface area contributed by atoms with Gasteiger partial charge in [0.1, 0.15) is 5.82 Å². The van der Waals surface area contributed by atoms with E-state index in [4.69, 9.17) is 22.7 Å². The first-order valence-electron chi connectivity index (χ1n) is 9.43. The number of benzene rings is 1. The zero-order valence-corrected chi connectivity index (χ0v) is 18.4. The molecule has 1 aromatic heterocycles. The molecule has 0 aliphatic heterocycles. The number of rotatable bonds is 7. The Balaban J connectivity index is 2.48. The second-order valence-corrected chi connectivity index (χ2v) is 7.76. The number of nitrogens with two attached hydrogens (primary N) is 1. The normalized spacial score (nSPS) is 11.0. The standard InChI is InChI=1S/C20H29N5O3S/c1-12(2)11-25-17(21)16(18(26)23-19(25)27)24(8-9-28-5)20(29)22-15-7-6-13(3)14(4)10-15/h6-7,10,12H,8-9,11,21H2,1-5H3,(H,22,29)(H,23,26,27). The maximum Gasteiger partial charge on any atom is 0.330 e. The number of aromatic amines is 1. The van der Waals surface area contributed by atoms with Crippen molar-refractivity contribution >= 4 is 34.5 Å². The highest BCUT2D eigenvalue weighted by Gasteiger charge is 2.22. The van der Waals surface area contributed by atoms with Gasteiger partial charge >= 0.3 is 5.69 Å². The van der Waals surface area contributed by atoms with Crippen LogP contribution in [0.5, 0.6) is 0 Å². The predicted molar refractivity (Wildman–Crippen MR) is 122 cm³/mol. The van der Waals surface area contributed by atoms with Gasteiger partial charge in [-0.1, -0.05) is 19.9 Å². The summed E-state index contributed by atoms with van der Waals surface area (Å²) in [6.07, 6.45) is 0. The summed E-state index contributed by atoms with van der Waals surface area (Å²) in [7, 11) is 1.56. The summed E-state index contributed by atoms with van der Waals surface area (Å²) in [6, 6.07) is 5.88. The molecule has 8 nitrogen and oxygen atoms in total. The van der Waals surface area contributed by atoms with Gasteiger partial charge in [-0.25, -0.2) is 4.79 Å². The number of aryl methyl sites for hydroxylation is 2. The first-order valence-corrected chi connectivity index (χ1v) is 9.83. The highest BCUT2D eigenvalue weighted by atomic mass is 32.1. The van der Waals surface area contributed by atoms with Gasteiger partial charge < -0.3 is 20.7 Å². The molecule has 0 aliphatic carbocycles. The summed E-state index contributed by atoms with van der Waals surface area (Å²) < 4.78 is 6.54. The predicted octanol–water partition coefficient (Wildman–Crippen LogP) is 2.24. The van der Waals surface area contributed by atoms with E-state index < -0.39 is 11.2 Å². The molecule has 0 bridgehead atoms. The van der Waals surface area contributed by atoms with Gasteiger partial charge in [-0.15, -0.1) is 0 Å². The Kier molecular flexibility index (Phi) is 7.58. The van der Waals surface area contributed by atoms with Gasteiger partial charge in [0.2, 0.25) is 0 Å². The Hall–Kier alpha value is -2.65. The van der Waals surface area contributed by atoms with Gasteiger partial charge in [0.05, 0.1) is 6.61 Å². The summed E-state index contributed by atoms with van der Waals surface area (Å²) in [5.41, 5.74) is 8.33. The van der Waals surface area contributed by atoms with E-state index in [1.54, 1.807) is 12.0 Å². The number of nitrogens with one attached hydrogen (secondary N) is 2. The van der Waals surface area contributed by atoms with Crippen molar-refractivity contribution in [3.8, 4) is 0 Å². The summed E-state index contributed by atoms with van der Waals surface area (Å²) in [5, 5.41) is 3.44. The highest BCUT2D eigenvalue weighted by molar-refractivity contribution is 7.80. The van der Waals surface area contributed by atoms with Crippen molar-refractivity contribution < 1.29 is 4.74 Å². The van der Waals surface area contributed by atoms with Gasteiger partial charge in [0, 0.05) is 25.9 Å². The third kappa shape index (κ3) is 5.45. The van der Waals surface area contributed by atoms with E-state index >= 15 is 0 Å². The summed E-state index contributed by atoms with van der Waals surface area (Å²) >= 11 is 5.58. The molecular formula is C20H29N5O3S. The molecule has 0 unspecified atom stereocenters. The molecule has 0 aliphatic rings. The van der Waals surface area contributed by atoms with Crippen LogP contribution in [0, 0.1) is 19.8 Å². The van der Waals surface area contributed by atoms with Crippen LogP contribution in [0.15, 0.2) is 27.8 Å². The lowest BCUT2D eigenvalue weighted by Gasteiger charge is -2.27. The van der Waals surface area contributed by atoms with E-state index in [9.17, 15) is 9.59 Å². The van der Waals surface area contributed by atoms with Gasteiger partial charge in [-0.05, 0) is 55.2 Å². The minimum absolute atomic E-state index is 0.0767. The van der Waals surface area contributed by atoms with Crippen LogP contribution >= 0.6 is 12.2 Å². The third-order valence-electron chi connectivity index (χ3n) is 4.55. The number of H-pyrrole nitrogens is 1. The van der Waals surface area contributed by atoms with E-state index in [1.807, 2.05) is 45.9 Å². The fourth-order valence-electron chi connectivity index (χ4n) is 2.89. The molecule has 2 rings (SSSR count). The molecular weight excluding hydrogens is 390 g/mol. The third-order valence-corrected chi connectivity index (χ3v) is 4.88. The zero-order chi connectivity index (χ0) is 21.7. The van der Waals surface area contributed by atoms with Gasteiger partial charge in [0.25, 0.3) is 5.56 Å². The number of ether oxygens (including phenoxy) is 1. The quantitative estimate of drug-likeness (QED) is 0.591. The molecule has 0 spiro atoms. The molecule has 0 saturated heterocycles. The molecule has 0 saturated carbocycles. The van der Waals surface area contributed by atoms with Crippen LogP contribution in [0.2, 0.25) is 0 Å². The molecule has 0 atom stereocenters. The average molecular weight is 420 g/mol. The minimum atomic E-state index is -0.590. The monoisotopic (exact) mass is 419 g/mol. The van der Waals surface area contributed by atoms with Crippen molar-refractivity contribution in [3.05, 3.63) is 50.2 Å². The van der Waals surface area contributed by atoms with Crippen molar-refractivity contribution in [2.24, 2.45) is 5.92 Å². The fraction of sp³-hybridized carbons (Fsp3) is 0.450. The summed E-state index contributed by atoms with van der Waals surface area (Å²) in [4.78, 5) is 28.8. The van der Waals surface area contributed by atoms with E-state index in [-0.39, 0.29) is 22.5 Å². The lowest BCUT2D eigenvalue weighted by molar-refractivity contribution is 0.208. The summed E-state index contributed by atoms with van der Waals surface area (Å²) in [5.74, 6) is 0.245. The van der Waals surface area contributed by atoms with Crippen LogP contribution in [-0.2, 0) is 11.3 Å². The first-order chi connectivity index (χ1) is 13.6. The van der Waals surface area contributed by atoms with Crippen molar-refractivity contribution in [1.29, 1.82) is 0 Å². The molecule has 2 aromatic rings. The second kappa shape index (κ2) is 9.71. The molecule has 0 amide bonds. The van der Waals surface area contributed by atoms with Gasteiger partial charge in [-0.3, -0.25) is 14.3 Å². The fourth-order valence-corrected chi connectivity index (χ4v) is 3.19. The Morgan fingerprint density at radius 1 is 1.31 bits per heavy atom. The van der Waals surface area contributed by atoms with Gasteiger partial charge in [-0.2, -0.15) is 0 Å². The average Bonchev–Trinajstić information content (AvgIpc) is 2.64. The smallest absolute Gasteiger partial charge is 0.330 e. The van der Waals surface area contributed by atoms with Crippen molar-refractivity contribution in [3.63, 3.8) is 0 Å². The molecule has 1 heterocycles. The molecule has 0 fully saturated rings.